The van der Waals surface area contributed by atoms with Crippen molar-refractivity contribution in [3.8, 4) is 23.3 Å². The van der Waals surface area contributed by atoms with Crippen molar-refractivity contribution in [3.05, 3.63) is 58.0 Å². The van der Waals surface area contributed by atoms with Gasteiger partial charge in [-0.05, 0) is 25.1 Å². The van der Waals surface area contributed by atoms with Gasteiger partial charge in [0.2, 0.25) is 5.88 Å². The highest BCUT2D eigenvalue weighted by molar-refractivity contribution is 6.33. The molecule has 0 bridgehead atoms. The maximum absolute atomic E-state index is 8.86. The van der Waals surface area contributed by atoms with Crippen LogP contribution in [-0.4, -0.2) is 19.7 Å². The summed E-state index contributed by atoms with van der Waals surface area (Å²) < 4.78 is 7.59. The Balaban J connectivity index is 1.88. The van der Waals surface area contributed by atoms with E-state index in [2.05, 4.69) is 15.2 Å². The average molecular weight is 374 g/mol. The van der Waals surface area contributed by atoms with Crippen molar-refractivity contribution in [2.75, 3.05) is 0 Å². The van der Waals surface area contributed by atoms with E-state index in [4.69, 9.17) is 33.2 Å². The molecule has 0 aliphatic rings. The summed E-state index contributed by atoms with van der Waals surface area (Å²) in [7, 11) is 1.83. The van der Waals surface area contributed by atoms with Gasteiger partial charge >= 0.3 is 0 Å². The van der Waals surface area contributed by atoms with Crippen LogP contribution in [0.25, 0.3) is 11.4 Å². The molecule has 0 aliphatic carbocycles. The van der Waals surface area contributed by atoms with Gasteiger partial charge in [-0.3, -0.25) is 0 Å². The fourth-order valence-corrected chi connectivity index (χ4v) is 2.80. The highest BCUT2D eigenvalue weighted by Crippen LogP contribution is 2.30. The van der Waals surface area contributed by atoms with Crippen molar-refractivity contribution in [1.82, 2.24) is 19.7 Å². The van der Waals surface area contributed by atoms with Crippen LogP contribution in [0.3, 0.4) is 0 Å². The van der Waals surface area contributed by atoms with Crippen LogP contribution in [0.2, 0.25) is 10.0 Å². The number of nitrogens with zero attached hydrogens (tertiary/aromatic N) is 5. The lowest BCUT2D eigenvalue weighted by molar-refractivity contribution is 0.203. The first-order valence-corrected chi connectivity index (χ1v) is 8.13. The first-order valence-electron chi connectivity index (χ1n) is 7.37. The van der Waals surface area contributed by atoms with Crippen molar-refractivity contribution < 1.29 is 4.74 Å². The minimum atomic E-state index is -0.452. The molecule has 0 N–H and O–H groups in total. The summed E-state index contributed by atoms with van der Waals surface area (Å²) in [5, 5.41) is 18.1. The average Bonchev–Trinajstić information content (AvgIpc) is 2.98. The molecule has 0 saturated carbocycles. The number of halogens is 2. The van der Waals surface area contributed by atoms with Crippen molar-refractivity contribution in [2.45, 2.75) is 13.0 Å². The second-order valence-corrected chi connectivity index (χ2v) is 6.12. The van der Waals surface area contributed by atoms with Crippen molar-refractivity contribution >= 4 is 23.2 Å². The zero-order chi connectivity index (χ0) is 18.0. The number of pyridine rings is 1. The monoisotopic (exact) mass is 373 g/mol. The molecule has 0 unspecified atom stereocenters. The number of ether oxygens (including phenoxy) is 1. The van der Waals surface area contributed by atoms with Gasteiger partial charge < -0.3 is 9.30 Å². The van der Waals surface area contributed by atoms with Crippen LogP contribution in [0.4, 0.5) is 0 Å². The SMILES string of the molecule is C[C@H](Oc1ncc(C#N)cc1Cl)c1nnc(-c2ccccc2Cl)n1C. The van der Waals surface area contributed by atoms with Crippen molar-refractivity contribution in [2.24, 2.45) is 7.05 Å². The summed E-state index contributed by atoms with van der Waals surface area (Å²) in [5.41, 5.74) is 1.15. The fourth-order valence-electron chi connectivity index (χ4n) is 2.37. The van der Waals surface area contributed by atoms with Crippen LogP contribution in [0.1, 0.15) is 24.4 Å². The van der Waals surface area contributed by atoms with Crippen LogP contribution in [0.5, 0.6) is 5.88 Å². The molecular formula is C17H13Cl2N5O. The number of nitriles is 1. The van der Waals surface area contributed by atoms with Crippen molar-refractivity contribution in [1.29, 1.82) is 5.26 Å². The number of rotatable bonds is 4. The molecular weight excluding hydrogens is 361 g/mol. The molecule has 1 atom stereocenters. The minimum Gasteiger partial charge on any atom is -0.465 e. The van der Waals surface area contributed by atoms with E-state index in [0.717, 1.165) is 5.56 Å². The van der Waals surface area contributed by atoms with E-state index in [1.54, 1.807) is 6.07 Å². The Morgan fingerprint density at radius 1 is 1.20 bits per heavy atom. The Hall–Kier alpha value is -2.62. The van der Waals surface area contributed by atoms with E-state index in [1.807, 2.05) is 42.8 Å². The first kappa shape index (κ1) is 17.2. The molecule has 2 aromatic heterocycles. The second-order valence-electron chi connectivity index (χ2n) is 5.30. The number of benzene rings is 1. The van der Waals surface area contributed by atoms with Gasteiger partial charge in [-0.2, -0.15) is 5.26 Å². The highest BCUT2D eigenvalue weighted by Gasteiger charge is 2.20. The predicted molar refractivity (Wildman–Crippen MR) is 94.5 cm³/mol. The summed E-state index contributed by atoms with van der Waals surface area (Å²) in [6.07, 6.45) is 0.950. The van der Waals surface area contributed by atoms with Gasteiger partial charge in [-0.25, -0.2) is 4.98 Å². The quantitative estimate of drug-likeness (QED) is 0.684. The third-order valence-electron chi connectivity index (χ3n) is 3.61. The summed E-state index contributed by atoms with van der Waals surface area (Å²) in [5.74, 6) is 1.46. The maximum Gasteiger partial charge on any atom is 0.233 e. The Labute approximate surface area is 154 Å². The normalized spacial score (nSPS) is 11.8. The zero-order valence-electron chi connectivity index (χ0n) is 13.4. The van der Waals surface area contributed by atoms with Crippen LogP contribution in [0, 0.1) is 11.3 Å². The first-order chi connectivity index (χ1) is 12.0. The molecule has 0 spiro atoms. The standard InChI is InChI=1S/C17H13Cl2N5O/c1-10(25-17-14(19)7-11(8-20)9-21-17)15-22-23-16(24(15)2)12-5-3-4-6-13(12)18/h3-7,9-10H,1-2H3/t10-/m0/s1. The van der Waals surface area contributed by atoms with Gasteiger partial charge in [-0.15, -0.1) is 10.2 Å². The van der Waals surface area contributed by atoms with Gasteiger partial charge in [-0.1, -0.05) is 35.3 Å². The molecule has 3 aromatic rings. The topological polar surface area (TPSA) is 76.6 Å². The predicted octanol–water partition coefficient (Wildman–Crippen LogP) is 4.20. The number of aromatic nitrogens is 4. The van der Waals surface area contributed by atoms with Gasteiger partial charge in [0.1, 0.15) is 11.1 Å². The van der Waals surface area contributed by atoms with E-state index < -0.39 is 6.10 Å². The van der Waals surface area contributed by atoms with E-state index in [-0.39, 0.29) is 10.9 Å². The minimum absolute atomic E-state index is 0.232. The van der Waals surface area contributed by atoms with Crippen LogP contribution in [0.15, 0.2) is 36.5 Å². The van der Waals surface area contributed by atoms with E-state index in [1.165, 1.54) is 12.3 Å². The lowest BCUT2D eigenvalue weighted by atomic mass is 10.2. The molecule has 1 aromatic carbocycles. The number of hydrogen-bond donors (Lipinski definition) is 0. The summed E-state index contributed by atoms with van der Waals surface area (Å²) >= 11 is 12.3. The van der Waals surface area contributed by atoms with Crippen LogP contribution < -0.4 is 4.74 Å². The lowest BCUT2D eigenvalue weighted by Crippen LogP contribution is -2.11. The van der Waals surface area contributed by atoms with Crippen LogP contribution in [-0.2, 0) is 7.05 Å². The van der Waals surface area contributed by atoms with E-state index in [0.29, 0.717) is 22.2 Å². The fraction of sp³-hybridized carbons (Fsp3) is 0.176. The highest BCUT2D eigenvalue weighted by atomic mass is 35.5. The van der Waals surface area contributed by atoms with Gasteiger partial charge in [0.15, 0.2) is 17.8 Å². The van der Waals surface area contributed by atoms with Gasteiger partial charge in [0.05, 0.1) is 10.6 Å². The Morgan fingerprint density at radius 3 is 2.64 bits per heavy atom. The van der Waals surface area contributed by atoms with E-state index in [9.17, 15) is 0 Å². The third kappa shape index (κ3) is 3.43. The lowest BCUT2D eigenvalue weighted by Gasteiger charge is -2.14. The molecule has 3 rings (SSSR count). The van der Waals surface area contributed by atoms with Crippen molar-refractivity contribution in [3.63, 3.8) is 0 Å². The largest absolute Gasteiger partial charge is 0.465 e. The Bertz CT molecular complexity index is 964. The maximum atomic E-state index is 8.86. The molecule has 0 fully saturated rings. The molecule has 25 heavy (non-hydrogen) atoms. The van der Waals surface area contributed by atoms with Crippen LogP contribution >= 0.6 is 23.2 Å². The summed E-state index contributed by atoms with van der Waals surface area (Å²) in [6.45, 7) is 1.82. The van der Waals surface area contributed by atoms with E-state index >= 15 is 0 Å². The molecule has 0 radical (unpaired) electrons. The number of hydrogen-bond acceptors (Lipinski definition) is 5. The molecule has 6 nitrogen and oxygen atoms in total. The molecule has 0 aliphatic heterocycles. The summed E-state index contributed by atoms with van der Waals surface area (Å²) in [4.78, 5) is 4.07. The molecule has 2 heterocycles. The second kappa shape index (κ2) is 7.09. The zero-order valence-corrected chi connectivity index (χ0v) is 15.0. The Morgan fingerprint density at radius 2 is 1.96 bits per heavy atom. The Kier molecular flexibility index (Phi) is 4.88. The molecule has 126 valence electrons. The summed E-state index contributed by atoms with van der Waals surface area (Å²) in [6, 6.07) is 10.9. The van der Waals surface area contributed by atoms with Gasteiger partial charge in [0, 0.05) is 18.8 Å². The van der Waals surface area contributed by atoms with Gasteiger partial charge in [0.25, 0.3) is 0 Å². The third-order valence-corrected chi connectivity index (χ3v) is 4.21. The smallest absolute Gasteiger partial charge is 0.233 e. The molecule has 8 heteroatoms. The molecule has 0 amide bonds. The molecule has 0 saturated heterocycles.